The Morgan fingerprint density at radius 2 is 1.89 bits per heavy atom. The number of hydrogen-bond donors (Lipinski definition) is 1. The third-order valence-corrected chi connectivity index (χ3v) is 3.96. The molecule has 2 aromatic carbocycles. The third-order valence-electron chi connectivity index (χ3n) is 3.47. The molecule has 0 atom stereocenters. The standard InChI is InChI=1S/C18H16BrF4NO3/c1-26-16-8-11(2-6-15(16)27-10-18(21,22)23)3-7-17(25)24-14-5-4-12(19)9-13(14)20/h2,4-6,8-9H,3,7,10H2,1H3,(H,24,25). The number of halogens is 5. The van der Waals surface area contributed by atoms with E-state index >= 15 is 0 Å². The van der Waals surface area contributed by atoms with Gasteiger partial charge >= 0.3 is 6.18 Å². The maximum Gasteiger partial charge on any atom is 0.422 e. The van der Waals surface area contributed by atoms with Gasteiger partial charge in [0.1, 0.15) is 5.82 Å². The first-order valence-electron chi connectivity index (χ1n) is 7.79. The van der Waals surface area contributed by atoms with E-state index in [-0.39, 0.29) is 23.6 Å². The molecule has 1 N–H and O–H groups in total. The van der Waals surface area contributed by atoms with Crippen LogP contribution in [0.1, 0.15) is 12.0 Å². The molecule has 27 heavy (non-hydrogen) atoms. The van der Waals surface area contributed by atoms with Crippen molar-refractivity contribution in [1.29, 1.82) is 0 Å². The second kappa shape index (κ2) is 9.07. The van der Waals surface area contributed by atoms with E-state index in [4.69, 9.17) is 9.47 Å². The molecule has 0 aromatic heterocycles. The van der Waals surface area contributed by atoms with Gasteiger partial charge in [0.15, 0.2) is 18.1 Å². The molecule has 0 fully saturated rings. The monoisotopic (exact) mass is 449 g/mol. The van der Waals surface area contributed by atoms with E-state index < -0.39 is 24.5 Å². The summed E-state index contributed by atoms with van der Waals surface area (Å²) < 4.78 is 60.8. The number of carbonyl (C=O) groups is 1. The quantitative estimate of drug-likeness (QED) is 0.597. The molecule has 2 aromatic rings. The second-order valence-corrected chi connectivity index (χ2v) is 6.48. The Morgan fingerprint density at radius 1 is 1.15 bits per heavy atom. The van der Waals surface area contributed by atoms with Gasteiger partial charge in [-0.05, 0) is 42.3 Å². The lowest BCUT2D eigenvalue weighted by Crippen LogP contribution is -2.19. The van der Waals surface area contributed by atoms with Crippen LogP contribution in [0.3, 0.4) is 0 Å². The zero-order valence-electron chi connectivity index (χ0n) is 14.2. The van der Waals surface area contributed by atoms with Crippen molar-refractivity contribution in [1.82, 2.24) is 0 Å². The number of alkyl halides is 3. The SMILES string of the molecule is COc1cc(CCC(=O)Nc2ccc(Br)cc2F)ccc1OCC(F)(F)F. The number of rotatable bonds is 7. The second-order valence-electron chi connectivity index (χ2n) is 5.56. The summed E-state index contributed by atoms with van der Waals surface area (Å²) in [5, 5.41) is 2.47. The van der Waals surface area contributed by atoms with Crippen molar-refractivity contribution in [3.05, 3.63) is 52.3 Å². The van der Waals surface area contributed by atoms with E-state index in [2.05, 4.69) is 21.2 Å². The van der Waals surface area contributed by atoms with Gasteiger partial charge < -0.3 is 14.8 Å². The first kappa shape index (κ1) is 21.0. The van der Waals surface area contributed by atoms with Crippen LogP contribution < -0.4 is 14.8 Å². The fraction of sp³-hybridized carbons (Fsp3) is 0.278. The molecule has 0 bridgehead atoms. The molecule has 0 aliphatic rings. The van der Waals surface area contributed by atoms with Crippen molar-refractivity contribution < 1.29 is 31.8 Å². The molecule has 146 valence electrons. The summed E-state index contributed by atoms with van der Waals surface area (Å²) in [6.45, 7) is -1.43. The van der Waals surface area contributed by atoms with Crippen LogP contribution >= 0.6 is 15.9 Å². The molecule has 0 unspecified atom stereocenters. The average molecular weight is 450 g/mol. The summed E-state index contributed by atoms with van der Waals surface area (Å²) in [4.78, 5) is 12.0. The Kier molecular flexibility index (Phi) is 7.06. The Labute approximate surface area is 161 Å². The Hall–Kier alpha value is -2.29. The summed E-state index contributed by atoms with van der Waals surface area (Å²) >= 11 is 3.13. The maximum atomic E-state index is 13.7. The fourth-order valence-corrected chi connectivity index (χ4v) is 2.54. The summed E-state index contributed by atoms with van der Waals surface area (Å²) in [7, 11) is 1.31. The molecule has 0 radical (unpaired) electrons. The van der Waals surface area contributed by atoms with Gasteiger partial charge in [-0.15, -0.1) is 0 Å². The minimum atomic E-state index is -4.45. The fourth-order valence-electron chi connectivity index (χ4n) is 2.21. The summed E-state index contributed by atoms with van der Waals surface area (Å²) in [6.07, 6.45) is -4.11. The minimum absolute atomic E-state index is 0.0417. The number of methoxy groups -OCH3 is 1. The van der Waals surface area contributed by atoms with E-state index in [1.54, 1.807) is 12.1 Å². The molecule has 0 aliphatic heterocycles. The normalized spacial score (nSPS) is 11.2. The predicted octanol–water partition coefficient (Wildman–Crippen LogP) is 5.11. The highest BCUT2D eigenvalue weighted by molar-refractivity contribution is 9.10. The smallest absolute Gasteiger partial charge is 0.422 e. The molecule has 0 spiro atoms. The number of amides is 1. The van der Waals surface area contributed by atoms with Gasteiger partial charge in [-0.2, -0.15) is 13.2 Å². The van der Waals surface area contributed by atoms with Gasteiger partial charge in [-0.25, -0.2) is 4.39 Å². The number of aryl methyl sites for hydroxylation is 1. The maximum absolute atomic E-state index is 13.7. The van der Waals surface area contributed by atoms with Crippen molar-refractivity contribution >= 4 is 27.5 Å². The van der Waals surface area contributed by atoms with Gasteiger partial charge in [-0.1, -0.05) is 22.0 Å². The first-order valence-corrected chi connectivity index (χ1v) is 8.58. The van der Waals surface area contributed by atoms with Crippen LogP contribution in [-0.2, 0) is 11.2 Å². The first-order chi connectivity index (χ1) is 12.7. The van der Waals surface area contributed by atoms with Crippen molar-refractivity contribution in [2.45, 2.75) is 19.0 Å². The van der Waals surface area contributed by atoms with Crippen LogP contribution in [0.2, 0.25) is 0 Å². The van der Waals surface area contributed by atoms with E-state index in [1.165, 1.54) is 31.4 Å². The number of anilines is 1. The Morgan fingerprint density at radius 3 is 2.52 bits per heavy atom. The average Bonchev–Trinajstić information content (AvgIpc) is 2.60. The van der Waals surface area contributed by atoms with Crippen molar-refractivity contribution in [2.24, 2.45) is 0 Å². The van der Waals surface area contributed by atoms with Crippen LogP contribution in [0, 0.1) is 5.82 Å². The molecular formula is C18H16BrF4NO3. The van der Waals surface area contributed by atoms with Gasteiger partial charge in [0.2, 0.25) is 5.91 Å². The van der Waals surface area contributed by atoms with Crippen molar-refractivity contribution in [2.75, 3.05) is 19.0 Å². The predicted molar refractivity (Wildman–Crippen MR) is 95.6 cm³/mol. The number of nitrogens with one attached hydrogen (secondary N) is 1. The minimum Gasteiger partial charge on any atom is -0.493 e. The van der Waals surface area contributed by atoms with E-state index in [1.807, 2.05) is 0 Å². The summed E-state index contributed by atoms with van der Waals surface area (Å²) in [5.41, 5.74) is 0.731. The largest absolute Gasteiger partial charge is 0.493 e. The van der Waals surface area contributed by atoms with E-state index in [0.29, 0.717) is 16.5 Å². The van der Waals surface area contributed by atoms with Gasteiger partial charge in [0, 0.05) is 10.9 Å². The van der Waals surface area contributed by atoms with Crippen LogP contribution in [0.15, 0.2) is 40.9 Å². The van der Waals surface area contributed by atoms with E-state index in [0.717, 1.165) is 0 Å². The highest BCUT2D eigenvalue weighted by Gasteiger charge is 2.29. The Bertz CT molecular complexity index is 812. The molecule has 9 heteroatoms. The molecule has 0 saturated carbocycles. The lowest BCUT2D eigenvalue weighted by Gasteiger charge is -2.13. The highest BCUT2D eigenvalue weighted by atomic mass is 79.9. The van der Waals surface area contributed by atoms with Gasteiger partial charge in [-0.3, -0.25) is 4.79 Å². The molecule has 0 aliphatic carbocycles. The lowest BCUT2D eigenvalue weighted by atomic mass is 10.1. The van der Waals surface area contributed by atoms with Crippen LogP contribution in [0.5, 0.6) is 11.5 Å². The van der Waals surface area contributed by atoms with Gasteiger partial charge in [0.25, 0.3) is 0 Å². The van der Waals surface area contributed by atoms with E-state index in [9.17, 15) is 22.4 Å². The molecule has 0 saturated heterocycles. The lowest BCUT2D eigenvalue weighted by molar-refractivity contribution is -0.153. The number of carbonyl (C=O) groups excluding carboxylic acids is 1. The number of ether oxygens (including phenoxy) is 2. The van der Waals surface area contributed by atoms with Crippen LogP contribution in [0.4, 0.5) is 23.2 Å². The topological polar surface area (TPSA) is 47.6 Å². The number of benzene rings is 2. The summed E-state index contributed by atoms with van der Waals surface area (Å²) in [5.74, 6) is -0.866. The number of hydrogen-bond acceptors (Lipinski definition) is 3. The van der Waals surface area contributed by atoms with Crippen molar-refractivity contribution in [3.8, 4) is 11.5 Å². The molecule has 2 rings (SSSR count). The molecule has 4 nitrogen and oxygen atoms in total. The Balaban J connectivity index is 1.95. The molecular weight excluding hydrogens is 434 g/mol. The molecule has 1 amide bonds. The zero-order valence-corrected chi connectivity index (χ0v) is 15.8. The molecule has 0 heterocycles. The van der Waals surface area contributed by atoms with Crippen LogP contribution in [-0.4, -0.2) is 25.8 Å². The van der Waals surface area contributed by atoms with Crippen LogP contribution in [0.25, 0.3) is 0 Å². The summed E-state index contributed by atoms with van der Waals surface area (Å²) in [6, 6.07) is 8.67. The zero-order chi connectivity index (χ0) is 20.0. The van der Waals surface area contributed by atoms with Crippen molar-refractivity contribution in [3.63, 3.8) is 0 Å². The highest BCUT2D eigenvalue weighted by Crippen LogP contribution is 2.30. The third kappa shape index (κ3) is 6.74. The van der Waals surface area contributed by atoms with Gasteiger partial charge in [0.05, 0.1) is 12.8 Å².